The van der Waals surface area contributed by atoms with Crippen molar-refractivity contribution in [3.05, 3.63) is 29.8 Å². The van der Waals surface area contributed by atoms with Crippen LogP contribution in [0.3, 0.4) is 0 Å². The lowest BCUT2D eigenvalue weighted by Crippen LogP contribution is -2.53. The van der Waals surface area contributed by atoms with Gasteiger partial charge in [-0.3, -0.25) is 0 Å². The molecule has 0 aromatic heterocycles. The Morgan fingerprint density at radius 2 is 1.76 bits per heavy atom. The molecule has 0 amide bonds. The van der Waals surface area contributed by atoms with Crippen LogP contribution in [0.25, 0.3) is 0 Å². The number of quaternary nitrogens is 1. The summed E-state index contributed by atoms with van der Waals surface area (Å²) in [6.45, 7) is 7.72. The Labute approximate surface area is 174 Å². The maximum absolute atomic E-state index is 10.4. The Morgan fingerprint density at radius 1 is 1.14 bits per heavy atom. The predicted octanol–water partition coefficient (Wildman–Crippen LogP) is 2.87. The van der Waals surface area contributed by atoms with Crippen molar-refractivity contribution in [1.29, 1.82) is 0 Å². The summed E-state index contributed by atoms with van der Waals surface area (Å²) < 4.78 is 37.6. The van der Waals surface area contributed by atoms with Crippen molar-refractivity contribution in [2.75, 3.05) is 46.4 Å². The number of aliphatic imine (C=N–C) groups is 2. The fourth-order valence-corrected chi connectivity index (χ4v) is 3.86. The van der Waals surface area contributed by atoms with Crippen LogP contribution in [0.4, 0.5) is 0 Å². The summed E-state index contributed by atoms with van der Waals surface area (Å²) in [5.74, 6) is 0. The second-order valence-electron chi connectivity index (χ2n) is 8.07. The molecule has 1 aliphatic heterocycles. The lowest BCUT2D eigenvalue weighted by molar-refractivity contribution is -0.915. The van der Waals surface area contributed by atoms with Gasteiger partial charge < -0.3 is 13.8 Å². The molecule has 1 saturated carbocycles. The molecule has 7 nitrogen and oxygen atoms in total. The van der Waals surface area contributed by atoms with Gasteiger partial charge in [0.25, 0.3) is 0 Å². The van der Waals surface area contributed by atoms with E-state index in [1.807, 2.05) is 6.92 Å². The standard InChI is InChI=1S/C14H26N3O.C7H8O3S/c1-17(9-11-18-12-10-17)8-7-15-13-16-14-5-3-2-4-6-14;1-6-2-4-7(5-3-6)11(8,9)10/h14H,2-12H2,1H3;2-5H,1H3,(H,8,9,10)/q+1;/p-1. The van der Waals surface area contributed by atoms with Crippen LogP contribution in [0.2, 0.25) is 0 Å². The maximum Gasteiger partial charge on any atom is 0.124 e. The van der Waals surface area contributed by atoms with Crippen molar-refractivity contribution in [2.24, 2.45) is 9.98 Å². The number of benzene rings is 1. The van der Waals surface area contributed by atoms with Gasteiger partial charge >= 0.3 is 0 Å². The molecule has 0 N–H and O–H groups in total. The molecule has 162 valence electrons. The number of aryl methyl sites for hydroxylation is 1. The summed E-state index contributed by atoms with van der Waals surface area (Å²) in [4.78, 5) is 8.59. The summed E-state index contributed by atoms with van der Waals surface area (Å²) in [6, 6.07) is 9.20. The summed E-state index contributed by atoms with van der Waals surface area (Å²) in [5, 5.41) is 0. The number of hydrogen-bond donors (Lipinski definition) is 0. The van der Waals surface area contributed by atoms with Crippen LogP contribution in [0.15, 0.2) is 39.1 Å². The molecule has 2 aliphatic rings. The van der Waals surface area contributed by atoms with E-state index < -0.39 is 10.1 Å². The number of rotatable bonds is 5. The van der Waals surface area contributed by atoms with Crippen molar-refractivity contribution in [2.45, 2.75) is 50.0 Å². The minimum absolute atomic E-state index is 0.178. The molecule has 0 spiro atoms. The van der Waals surface area contributed by atoms with E-state index in [-0.39, 0.29) is 4.90 Å². The highest BCUT2D eigenvalue weighted by Gasteiger charge is 2.24. The van der Waals surface area contributed by atoms with Crippen molar-refractivity contribution < 1.29 is 22.2 Å². The predicted molar refractivity (Wildman–Crippen MR) is 112 cm³/mol. The zero-order valence-electron chi connectivity index (χ0n) is 17.5. The Kier molecular flexibility index (Phi) is 9.46. The van der Waals surface area contributed by atoms with Gasteiger partial charge in [0, 0.05) is 0 Å². The largest absolute Gasteiger partial charge is 0.744 e. The molecule has 0 unspecified atom stereocenters. The fourth-order valence-electron chi connectivity index (χ4n) is 3.39. The molecular weight excluding hydrogens is 390 g/mol. The average Bonchev–Trinajstić information content (AvgIpc) is 2.69. The molecule has 0 atom stereocenters. The molecule has 8 heteroatoms. The van der Waals surface area contributed by atoms with Crippen LogP contribution in [-0.2, 0) is 14.9 Å². The third-order valence-corrected chi connectivity index (χ3v) is 6.35. The Balaban J connectivity index is 0.000000234. The minimum Gasteiger partial charge on any atom is -0.744 e. The molecular formula is C21H33N3O4S. The van der Waals surface area contributed by atoms with Crippen LogP contribution in [0.5, 0.6) is 0 Å². The number of nitrogens with zero attached hydrogens (tertiary/aromatic N) is 3. The Morgan fingerprint density at radius 3 is 2.34 bits per heavy atom. The van der Waals surface area contributed by atoms with Crippen LogP contribution < -0.4 is 0 Å². The molecule has 1 saturated heterocycles. The summed E-state index contributed by atoms with van der Waals surface area (Å²) in [7, 11) is -1.98. The van der Waals surface area contributed by atoms with Crippen molar-refractivity contribution in [3.8, 4) is 0 Å². The van der Waals surface area contributed by atoms with E-state index in [0.717, 1.165) is 49.4 Å². The Hall–Kier alpha value is -1.57. The average molecular weight is 424 g/mol. The van der Waals surface area contributed by atoms with Crippen LogP contribution >= 0.6 is 0 Å². The number of morpholine rings is 1. The monoisotopic (exact) mass is 423 g/mol. The van der Waals surface area contributed by atoms with Gasteiger partial charge in [-0.25, -0.2) is 18.4 Å². The molecule has 0 radical (unpaired) electrons. The molecule has 2 fully saturated rings. The highest BCUT2D eigenvalue weighted by atomic mass is 32.2. The van der Waals surface area contributed by atoms with E-state index in [1.165, 1.54) is 44.2 Å². The first kappa shape index (κ1) is 23.7. The molecule has 1 heterocycles. The first-order valence-corrected chi connectivity index (χ1v) is 11.7. The zero-order valence-corrected chi connectivity index (χ0v) is 18.4. The van der Waals surface area contributed by atoms with Crippen molar-refractivity contribution >= 4 is 16.1 Å². The van der Waals surface area contributed by atoms with Crippen molar-refractivity contribution in [1.82, 2.24) is 0 Å². The highest BCUT2D eigenvalue weighted by Crippen LogP contribution is 2.19. The zero-order chi connectivity index (χ0) is 21.2. The fraction of sp³-hybridized carbons (Fsp3) is 0.667. The van der Waals surface area contributed by atoms with Gasteiger partial charge in [0.1, 0.15) is 23.2 Å². The highest BCUT2D eigenvalue weighted by molar-refractivity contribution is 7.85. The molecule has 1 aromatic carbocycles. The molecule has 1 aliphatic carbocycles. The summed E-state index contributed by atoms with van der Waals surface area (Å²) in [6.07, 6.45) is 6.48. The van der Waals surface area contributed by atoms with Gasteiger partial charge in [-0.1, -0.05) is 37.0 Å². The van der Waals surface area contributed by atoms with Crippen LogP contribution in [0.1, 0.15) is 37.7 Å². The van der Waals surface area contributed by atoms with Crippen molar-refractivity contribution in [3.63, 3.8) is 0 Å². The number of ether oxygens (including phenoxy) is 1. The van der Waals surface area contributed by atoms with E-state index in [9.17, 15) is 13.0 Å². The van der Waals surface area contributed by atoms with Gasteiger partial charge in [0.15, 0.2) is 0 Å². The van der Waals surface area contributed by atoms with E-state index in [4.69, 9.17) is 4.74 Å². The maximum atomic E-state index is 10.4. The van der Waals surface area contributed by atoms with E-state index >= 15 is 0 Å². The van der Waals surface area contributed by atoms with Gasteiger partial charge in [0.05, 0.1) is 50.3 Å². The van der Waals surface area contributed by atoms with Crippen LogP contribution in [0, 0.1) is 6.92 Å². The van der Waals surface area contributed by atoms with Crippen LogP contribution in [-0.4, -0.2) is 75.9 Å². The smallest absolute Gasteiger partial charge is 0.124 e. The SMILES string of the molecule is C[N+]1(CCN=C=NC2CCCCC2)CCOCC1.Cc1ccc(S(=O)(=O)[O-])cc1. The first-order chi connectivity index (χ1) is 13.8. The van der Waals surface area contributed by atoms with Gasteiger partial charge in [-0.05, 0) is 31.9 Å². The third kappa shape index (κ3) is 9.19. The van der Waals surface area contributed by atoms with E-state index in [0.29, 0.717) is 6.04 Å². The number of likely N-dealkylation sites (N-methyl/N-ethyl adjacent to an activating group) is 1. The van der Waals surface area contributed by atoms with Gasteiger partial charge in [-0.2, -0.15) is 0 Å². The normalized spacial score (nSPS) is 19.4. The molecule has 3 rings (SSSR count). The molecule has 29 heavy (non-hydrogen) atoms. The van der Waals surface area contributed by atoms with E-state index in [2.05, 4.69) is 23.0 Å². The molecule has 1 aromatic rings. The first-order valence-electron chi connectivity index (χ1n) is 10.3. The summed E-state index contributed by atoms with van der Waals surface area (Å²) >= 11 is 0. The lowest BCUT2D eigenvalue weighted by Gasteiger charge is -2.36. The molecule has 0 bridgehead atoms. The van der Waals surface area contributed by atoms with Gasteiger partial charge in [-0.15, -0.1) is 0 Å². The summed E-state index contributed by atoms with van der Waals surface area (Å²) in [5.41, 5.74) is 0.928. The van der Waals surface area contributed by atoms with Gasteiger partial charge in [0.2, 0.25) is 0 Å². The topological polar surface area (TPSA) is 91.2 Å². The second-order valence-corrected chi connectivity index (χ2v) is 9.45. The second kappa shape index (κ2) is 11.6. The third-order valence-electron chi connectivity index (χ3n) is 5.50. The quantitative estimate of drug-likeness (QED) is 0.414. The lowest BCUT2D eigenvalue weighted by atomic mass is 9.96. The number of hydrogen-bond acceptors (Lipinski definition) is 6. The van der Waals surface area contributed by atoms with E-state index in [1.54, 1.807) is 12.1 Å². The Bertz CT molecular complexity index is 775. The minimum atomic E-state index is -4.27.